The first-order valence-corrected chi connectivity index (χ1v) is 13.8. The number of amides is 2. The number of hydrogen-bond acceptors (Lipinski definition) is 5. The Morgan fingerprint density at radius 3 is 2.47 bits per heavy atom. The summed E-state index contributed by atoms with van der Waals surface area (Å²) in [6, 6.07) is 11.4. The van der Waals surface area contributed by atoms with E-state index in [-0.39, 0.29) is 11.8 Å². The maximum absolute atomic E-state index is 13.1. The largest absolute Gasteiger partial charge is 0.490 e. The maximum Gasteiger partial charge on any atom is 0.253 e. The first-order chi connectivity index (χ1) is 18.5. The fourth-order valence-electron chi connectivity index (χ4n) is 5.62. The zero-order valence-electron chi connectivity index (χ0n) is 22.4. The topological polar surface area (TPSA) is 85.7 Å². The van der Waals surface area contributed by atoms with Gasteiger partial charge in [-0.3, -0.25) is 14.3 Å². The van der Waals surface area contributed by atoms with Gasteiger partial charge in [-0.15, -0.1) is 0 Å². The van der Waals surface area contributed by atoms with Gasteiger partial charge in [-0.1, -0.05) is 0 Å². The van der Waals surface area contributed by atoms with Crippen LogP contribution in [-0.4, -0.2) is 65.9 Å². The van der Waals surface area contributed by atoms with Gasteiger partial charge < -0.3 is 19.7 Å². The van der Waals surface area contributed by atoms with Crippen LogP contribution in [0.3, 0.4) is 0 Å². The highest BCUT2D eigenvalue weighted by Crippen LogP contribution is 2.26. The van der Waals surface area contributed by atoms with Crippen LogP contribution in [0, 0.1) is 12.8 Å². The zero-order chi connectivity index (χ0) is 26.5. The molecule has 8 nitrogen and oxygen atoms in total. The molecule has 1 saturated carbocycles. The number of carbonyl (C=O) groups is 2. The second-order valence-corrected chi connectivity index (χ2v) is 10.6. The number of aryl methyl sites for hydroxylation is 1. The van der Waals surface area contributed by atoms with E-state index in [0.29, 0.717) is 30.7 Å². The summed E-state index contributed by atoms with van der Waals surface area (Å²) >= 11 is 0. The van der Waals surface area contributed by atoms with Crippen LogP contribution in [0.5, 0.6) is 5.75 Å². The zero-order valence-corrected chi connectivity index (χ0v) is 22.4. The average molecular weight is 519 g/mol. The van der Waals surface area contributed by atoms with Crippen molar-refractivity contribution in [3.63, 3.8) is 0 Å². The van der Waals surface area contributed by atoms with Gasteiger partial charge in [0.05, 0.1) is 18.2 Å². The molecule has 1 aliphatic carbocycles. The summed E-state index contributed by atoms with van der Waals surface area (Å²) in [5.74, 6) is 1.30. The van der Waals surface area contributed by atoms with E-state index in [9.17, 15) is 9.59 Å². The normalized spacial score (nSPS) is 16.7. The van der Waals surface area contributed by atoms with Gasteiger partial charge in [-0.2, -0.15) is 5.10 Å². The monoisotopic (exact) mass is 518 g/mol. The minimum absolute atomic E-state index is 0.0904. The van der Waals surface area contributed by atoms with E-state index >= 15 is 0 Å². The molecule has 38 heavy (non-hydrogen) atoms. The van der Waals surface area contributed by atoms with Crippen molar-refractivity contribution in [2.75, 3.05) is 33.4 Å². The van der Waals surface area contributed by atoms with E-state index in [0.717, 1.165) is 73.1 Å². The quantitative estimate of drug-likeness (QED) is 0.419. The summed E-state index contributed by atoms with van der Waals surface area (Å²) in [5.41, 5.74) is 3.21. The number of carbonyl (C=O) groups excluding carboxylic acids is 2. The Labute approximate surface area is 224 Å². The molecule has 2 aliphatic rings. The van der Waals surface area contributed by atoms with Gasteiger partial charge in [0, 0.05) is 56.0 Å². The Kier molecular flexibility index (Phi) is 8.27. The van der Waals surface area contributed by atoms with E-state index in [1.54, 1.807) is 7.11 Å². The molecular formula is C30H38N4O4. The molecule has 3 aromatic rings. The van der Waals surface area contributed by atoms with E-state index in [1.807, 2.05) is 59.1 Å². The van der Waals surface area contributed by atoms with E-state index in [2.05, 4.69) is 5.32 Å². The summed E-state index contributed by atoms with van der Waals surface area (Å²) in [5, 5.41) is 8.65. The molecule has 1 N–H and O–H groups in total. The van der Waals surface area contributed by atoms with Crippen LogP contribution in [0.15, 0.2) is 42.6 Å². The minimum Gasteiger partial charge on any atom is -0.490 e. The lowest BCUT2D eigenvalue weighted by Crippen LogP contribution is -2.39. The lowest BCUT2D eigenvalue weighted by atomic mass is 9.96. The number of aromatic nitrogens is 2. The van der Waals surface area contributed by atoms with Crippen molar-refractivity contribution in [3.8, 4) is 5.75 Å². The molecule has 8 heteroatoms. The number of rotatable bonds is 9. The summed E-state index contributed by atoms with van der Waals surface area (Å²) < 4.78 is 13.0. The molecule has 2 aromatic carbocycles. The van der Waals surface area contributed by atoms with Gasteiger partial charge in [-0.05, 0) is 93.3 Å². The number of fused-ring (bicyclic) bond motifs is 1. The number of hydrogen-bond donors (Lipinski definition) is 1. The first-order valence-electron chi connectivity index (χ1n) is 13.8. The molecule has 2 amide bonds. The van der Waals surface area contributed by atoms with Crippen molar-refractivity contribution in [3.05, 3.63) is 59.3 Å². The summed E-state index contributed by atoms with van der Waals surface area (Å²) in [6.45, 7) is 5.23. The van der Waals surface area contributed by atoms with E-state index < -0.39 is 0 Å². The smallest absolute Gasteiger partial charge is 0.253 e. The van der Waals surface area contributed by atoms with Crippen LogP contribution < -0.4 is 10.1 Å². The number of nitrogens with zero attached hydrogens (tertiary/aromatic N) is 3. The third kappa shape index (κ3) is 6.01. The fourth-order valence-corrected chi connectivity index (χ4v) is 5.62. The maximum atomic E-state index is 13.1. The van der Waals surface area contributed by atoms with Crippen LogP contribution in [0.25, 0.3) is 10.9 Å². The molecule has 0 radical (unpaired) electrons. The Hall–Kier alpha value is -3.39. The van der Waals surface area contributed by atoms with Crippen LogP contribution in [0.2, 0.25) is 0 Å². The molecule has 0 unspecified atom stereocenters. The van der Waals surface area contributed by atoms with Crippen molar-refractivity contribution >= 4 is 22.7 Å². The molecule has 1 saturated heterocycles. The first kappa shape index (κ1) is 26.2. The van der Waals surface area contributed by atoms with Crippen LogP contribution >= 0.6 is 0 Å². The third-order valence-electron chi connectivity index (χ3n) is 7.90. The minimum atomic E-state index is -0.0952. The molecule has 0 spiro atoms. The van der Waals surface area contributed by atoms with Crippen LogP contribution in [0.1, 0.15) is 64.8 Å². The highest BCUT2D eigenvalue weighted by Gasteiger charge is 2.25. The Morgan fingerprint density at radius 1 is 1.03 bits per heavy atom. The summed E-state index contributed by atoms with van der Waals surface area (Å²) in [4.78, 5) is 27.6. The molecule has 1 aromatic heterocycles. The lowest BCUT2D eigenvalue weighted by molar-refractivity contribution is 0.0681. The number of methoxy groups -OCH3 is 1. The molecule has 2 heterocycles. The third-order valence-corrected chi connectivity index (χ3v) is 7.90. The highest BCUT2D eigenvalue weighted by atomic mass is 16.5. The van der Waals surface area contributed by atoms with Crippen molar-refractivity contribution < 1.29 is 19.1 Å². The molecule has 1 aliphatic heterocycles. The van der Waals surface area contributed by atoms with Crippen molar-refractivity contribution in [2.24, 2.45) is 5.92 Å². The number of likely N-dealkylation sites (tertiary alicyclic amines) is 1. The van der Waals surface area contributed by atoms with Crippen LogP contribution in [-0.2, 0) is 11.3 Å². The van der Waals surface area contributed by atoms with Crippen molar-refractivity contribution in [1.29, 1.82) is 0 Å². The lowest BCUT2D eigenvalue weighted by Gasteiger charge is -2.32. The number of ether oxygens (including phenoxy) is 2. The standard InChI is InChI=1S/C30H38N4O4/c1-21-26(29(35)31-15-18-37-2)11-12-28-27(21)20-34(32-28)19-22-13-16-33(17-14-22)30(36)23-7-9-25(10-8-23)38-24-5-3-4-6-24/h7-12,20,22,24H,3-6,13-19H2,1-2H3,(H,31,35). The highest BCUT2D eigenvalue weighted by molar-refractivity contribution is 6.00. The molecule has 5 rings (SSSR count). The second kappa shape index (κ2) is 12.0. The fraction of sp³-hybridized carbons (Fsp3) is 0.500. The van der Waals surface area contributed by atoms with Gasteiger partial charge in [0.2, 0.25) is 0 Å². The van der Waals surface area contributed by atoms with Gasteiger partial charge in [-0.25, -0.2) is 0 Å². The van der Waals surface area contributed by atoms with Crippen molar-refractivity contribution in [2.45, 2.75) is 58.1 Å². The molecule has 2 fully saturated rings. The number of nitrogens with one attached hydrogen (secondary N) is 1. The van der Waals surface area contributed by atoms with Gasteiger partial charge >= 0.3 is 0 Å². The Balaban J connectivity index is 1.14. The van der Waals surface area contributed by atoms with Gasteiger partial charge in [0.15, 0.2) is 0 Å². The second-order valence-electron chi connectivity index (χ2n) is 10.6. The number of piperidine rings is 1. The van der Waals surface area contributed by atoms with Gasteiger partial charge in [0.1, 0.15) is 5.75 Å². The summed E-state index contributed by atoms with van der Waals surface area (Å²) in [7, 11) is 1.62. The Bertz CT molecular complexity index is 1260. The molecule has 0 atom stereocenters. The predicted octanol–water partition coefficient (Wildman–Crippen LogP) is 4.59. The molecule has 0 bridgehead atoms. The molecule has 202 valence electrons. The predicted molar refractivity (Wildman–Crippen MR) is 147 cm³/mol. The van der Waals surface area contributed by atoms with Gasteiger partial charge in [0.25, 0.3) is 11.8 Å². The van der Waals surface area contributed by atoms with E-state index in [1.165, 1.54) is 12.8 Å². The van der Waals surface area contributed by atoms with Crippen molar-refractivity contribution in [1.82, 2.24) is 20.0 Å². The SMILES string of the molecule is COCCNC(=O)c1ccc2nn(CC3CCN(C(=O)c4ccc(OC5CCCC5)cc4)CC3)cc2c1C. The summed E-state index contributed by atoms with van der Waals surface area (Å²) in [6.07, 6.45) is 8.97. The number of benzene rings is 2. The molecular weight excluding hydrogens is 480 g/mol. The Morgan fingerprint density at radius 2 is 1.76 bits per heavy atom. The van der Waals surface area contributed by atoms with E-state index in [4.69, 9.17) is 14.6 Å². The average Bonchev–Trinajstić information content (AvgIpc) is 3.59. The van der Waals surface area contributed by atoms with Crippen LogP contribution in [0.4, 0.5) is 0 Å².